The molecule has 1 rings (SSSR count). The highest BCUT2D eigenvalue weighted by Gasteiger charge is 2.02. The Morgan fingerprint density at radius 2 is 2.36 bits per heavy atom. The summed E-state index contributed by atoms with van der Waals surface area (Å²) < 4.78 is 0. The summed E-state index contributed by atoms with van der Waals surface area (Å²) in [6.07, 6.45) is 1.64. The molecule has 0 amide bonds. The van der Waals surface area contributed by atoms with Crippen LogP contribution in [0.4, 0.5) is 5.69 Å². The van der Waals surface area contributed by atoms with Gasteiger partial charge in [0.15, 0.2) is 5.11 Å². The third-order valence-corrected chi connectivity index (χ3v) is 1.61. The zero-order chi connectivity index (χ0) is 10.6. The summed E-state index contributed by atoms with van der Waals surface area (Å²) in [6.45, 7) is 1.77. The van der Waals surface area contributed by atoms with Gasteiger partial charge in [0, 0.05) is 6.20 Å². The number of nitrogens with one attached hydrogen (secondary N) is 1. The molecule has 0 spiro atoms. The van der Waals surface area contributed by atoms with Crippen molar-refractivity contribution in [2.75, 3.05) is 5.73 Å². The van der Waals surface area contributed by atoms with Crippen LogP contribution in [-0.4, -0.2) is 15.8 Å². The molecule has 0 saturated carbocycles. The molecule has 14 heavy (non-hydrogen) atoms. The number of thiocarbonyl (C=S) groups is 1. The number of hydrazone groups is 1. The number of pyridine rings is 1. The van der Waals surface area contributed by atoms with Crippen LogP contribution in [0.3, 0.4) is 0 Å². The zero-order valence-electron chi connectivity index (χ0n) is 7.69. The molecule has 5 nitrogen and oxygen atoms in total. The van der Waals surface area contributed by atoms with Crippen molar-refractivity contribution in [3.05, 3.63) is 24.0 Å². The molecule has 0 bridgehead atoms. The minimum atomic E-state index is 0.110. The number of hydrogen-bond donors (Lipinski definition) is 3. The van der Waals surface area contributed by atoms with Crippen molar-refractivity contribution in [2.45, 2.75) is 6.92 Å². The van der Waals surface area contributed by atoms with Gasteiger partial charge in [0.25, 0.3) is 0 Å². The number of rotatable bonds is 2. The first-order valence-electron chi connectivity index (χ1n) is 3.92. The first-order valence-corrected chi connectivity index (χ1v) is 4.32. The third kappa shape index (κ3) is 2.67. The highest BCUT2D eigenvalue weighted by Crippen LogP contribution is 2.07. The molecule has 0 fully saturated rings. The maximum Gasteiger partial charge on any atom is 0.184 e. The van der Waals surface area contributed by atoms with Crippen LogP contribution in [0, 0.1) is 0 Å². The first-order chi connectivity index (χ1) is 6.61. The van der Waals surface area contributed by atoms with Gasteiger partial charge in [-0.05, 0) is 31.3 Å². The molecule has 0 saturated heterocycles. The molecule has 1 aromatic rings. The monoisotopic (exact) mass is 209 g/mol. The normalized spacial score (nSPS) is 11.1. The predicted octanol–water partition coefficient (Wildman–Crippen LogP) is 0.221. The Labute approximate surface area is 87.2 Å². The third-order valence-electron chi connectivity index (χ3n) is 1.52. The average Bonchev–Trinajstić information content (AvgIpc) is 2.15. The SMILES string of the molecule is CC(=NNC(N)=S)c1ncccc1N. The zero-order valence-corrected chi connectivity index (χ0v) is 8.51. The Bertz CT molecular complexity index is 374. The molecule has 6 heteroatoms. The van der Waals surface area contributed by atoms with Gasteiger partial charge in [-0.15, -0.1) is 0 Å². The maximum absolute atomic E-state index is 5.69. The molecular weight excluding hydrogens is 198 g/mol. The van der Waals surface area contributed by atoms with Crippen molar-refractivity contribution in [3.8, 4) is 0 Å². The summed E-state index contributed by atoms with van der Waals surface area (Å²) in [5.74, 6) is 0. The van der Waals surface area contributed by atoms with Crippen LogP contribution in [0.1, 0.15) is 12.6 Å². The fraction of sp³-hybridized carbons (Fsp3) is 0.125. The van der Waals surface area contributed by atoms with E-state index in [0.29, 0.717) is 17.1 Å². The van der Waals surface area contributed by atoms with E-state index in [1.165, 1.54) is 0 Å². The number of nitrogens with two attached hydrogens (primary N) is 2. The Balaban J connectivity index is 2.89. The van der Waals surface area contributed by atoms with Crippen LogP contribution >= 0.6 is 12.2 Å². The van der Waals surface area contributed by atoms with Crippen molar-refractivity contribution < 1.29 is 0 Å². The van der Waals surface area contributed by atoms with E-state index in [4.69, 9.17) is 11.5 Å². The lowest BCUT2D eigenvalue weighted by atomic mass is 10.2. The van der Waals surface area contributed by atoms with E-state index < -0.39 is 0 Å². The number of nitrogens with zero attached hydrogens (tertiary/aromatic N) is 2. The molecular formula is C8H11N5S. The van der Waals surface area contributed by atoms with Crippen LogP contribution in [0.25, 0.3) is 0 Å². The molecule has 1 heterocycles. The maximum atomic E-state index is 5.69. The molecule has 0 aliphatic carbocycles. The van der Waals surface area contributed by atoms with Crippen molar-refractivity contribution in [2.24, 2.45) is 10.8 Å². The Morgan fingerprint density at radius 1 is 1.64 bits per heavy atom. The topological polar surface area (TPSA) is 89.3 Å². The quantitative estimate of drug-likeness (QED) is 0.368. The van der Waals surface area contributed by atoms with Gasteiger partial charge in [0.2, 0.25) is 0 Å². The van der Waals surface area contributed by atoms with E-state index in [1.807, 2.05) is 0 Å². The number of nitrogen functional groups attached to an aromatic ring is 1. The lowest BCUT2D eigenvalue weighted by Crippen LogP contribution is -2.25. The Morgan fingerprint density at radius 3 is 2.93 bits per heavy atom. The Kier molecular flexibility index (Phi) is 3.35. The van der Waals surface area contributed by atoms with Crippen molar-refractivity contribution in [3.63, 3.8) is 0 Å². The van der Waals surface area contributed by atoms with Gasteiger partial charge in [0.05, 0.1) is 11.4 Å². The second-order valence-corrected chi connectivity index (χ2v) is 3.05. The summed E-state index contributed by atoms with van der Waals surface area (Å²) >= 11 is 4.60. The Hall–Kier alpha value is -1.69. The van der Waals surface area contributed by atoms with E-state index in [1.54, 1.807) is 25.3 Å². The molecule has 74 valence electrons. The van der Waals surface area contributed by atoms with Crippen LogP contribution < -0.4 is 16.9 Å². The molecule has 5 N–H and O–H groups in total. The van der Waals surface area contributed by atoms with Crippen molar-refractivity contribution >= 4 is 28.7 Å². The molecule has 0 unspecified atom stereocenters. The molecule has 1 aromatic heterocycles. The van der Waals surface area contributed by atoms with Gasteiger partial charge in [-0.25, -0.2) is 0 Å². The fourth-order valence-corrected chi connectivity index (χ4v) is 0.958. The van der Waals surface area contributed by atoms with Gasteiger partial charge in [-0.3, -0.25) is 10.4 Å². The smallest absolute Gasteiger partial charge is 0.184 e. The first kappa shape index (κ1) is 10.4. The van der Waals surface area contributed by atoms with Gasteiger partial charge in [-0.1, -0.05) is 0 Å². The summed E-state index contributed by atoms with van der Waals surface area (Å²) in [4.78, 5) is 4.08. The fourth-order valence-electron chi connectivity index (χ4n) is 0.912. The summed E-state index contributed by atoms with van der Waals surface area (Å²) in [5.41, 5.74) is 15.2. The number of aromatic nitrogens is 1. The lowest BCUT2D eigenvalue weighted by molar-refractivity contribution is 1.02. The van der Waals surface area contributed by atoms with Crippen LogP contribution in [0.5, 0.6) is 0 Å². The minimum Gasteiger partial charge on any atom is -0.397 e. The second-order valence-electron chi connectivity index (χ2n) is 2.61. The molecule has 0 aromatic carbocycles. The summed E-state index contributed by atoms with van der Waals surface area (Å²) in [5, 5.41) is 4.02. The predicted molar refractivity (Wildman–Crippen MR) is 60.8 cm³/mol. The summed E-state index contributed by atoms with van der Waals surface area (Å²) in [6, 6.07) is 3.51. The largest absolute Gasteiger partial charge is 0.397 e. The minimum absolute atomic E-state index is 0.110. The standard InChI is InChI=1S/C8H11N5S/c1-5(12-13-8(10)14)7-6(9)3-2-4-11-7/h2-4H,9H2,1H3,(H3,10,13,14). The van der Waals surface area contributed by atoms with Gasteiger partial charge in [-0.2, -0.15) is 5.10 Å². The lowest BCUT2D eigenvalue weighted by Gasteiger charge is -2.03. The molecule has 0 atom stereocenters. The van der Waals surface area contributed by atoms with E-state index >= 15 is 0 Å². The van der Waals surface area contributed by atoms with Gasteiger partial charge >= 0.3 is 0 Å². The van der Waals surface area contributed by atoms with E-state index in [-0.39, 0.29) is 5.11 Å². The highest BCUT2D eigenvalue weighted by molar-refractivity contribution is 7.80. The van der Waals surface area contributed by atoms with Crippen molar-refractivity contribution in [1.29, 1.82) is 0 Å². The summed E-state index contributed by atoms with van der Waals surface area (Å²) in [7, 11) is 0. The van der Waals surface area contributed by atoms with Crippen LogP contribution in [0.2, 0.25) is 0 Å². The van der Waals surface area contributed by atoms with Crippen LogP contribution in [0.15, 0.2) is 23.4 Å². The van der Waals surface area contributed by atoms with Crippen LogP contribution in [-0.2, 0) is 0 Å². The van der Waals surface area contributed by atoms with Gasteiger partial charge in [0.1, 0.15) is 5.69 Å². The number of anilines is 1. The molecule has 0 aliphatic rings. The number of hydrogen-bond acceptors (Lipinski definition) is 4. The molecule has 0 radical (unpaired) electrons. The average molecular weight is 209 g/mol. The molecule has 0 aliphatic heterocycles. The van der Waals surface area contributed by atoms with Crippen molar-refractivity contribution in [1.82, 2.24) is 10.4 Å². The highest BCUT2D eigenvalue weighted by atomic mass is 32.1. The van der Waals surface area contributed by atoms with E-state index in [0.717, 1.165) is 0 Å². The van der Waals surface area contributed by atoms with Gasteiger partial charge < -0.3 is 11.5 Å². The second kappa shape index (κ2) is 4.52. The van der Waals surface area contributed by atoms with E-state index in [9.17, 15) is 0 Å². The van der Waals surface area contributed by atoms with E-state index in [2.05, 4.69) is 27.7 Å².